The van der Waals surface area contributed by atoms with Crippen LogP contribution in [0.15, 0.2) is 76.7 Å². The molecule has 0 aliphatic carbocycles. The van der Waals surface area contributed by atoms with Gasteiger partial charge in [0.25, 0.3) is 5.56 Å². The molecule has 0 spiro atoms. The highest BCUT2D eigenvalue weighted by Gasteiger charge is 2.25. The van der Waals surface area contributed by atoms with E-state index >= 15 is 0 Å². The number of piperidine rings is 1. The first-order chi connectivity index (χ1) is 16.9. The number of carbonyl (C=O) groups is 1. The van der Waals surface area contributed by atoms with Crippen LogP contribution in [0.1, 0.15) is 19.3 Å². The summed E-state index contributed by atoms with van der Waals surface area (Å²) in [7, 11) is -3.53. The van der Waals surface area contributed by atoms with Gasteiger partial charge >= 0.3 is 0 Å². The molecule has 8 nitrogen and oxygen atoms in total. The predicted molar refractivity (Wildman–Crippen MR) is 137 cm³/mol. The van der Waals surface area contributed by atoms with Gasteiger partial charge in [-0.05, 0) is 48.7 Å². The van der Waals surface area contributed by atoms with Crippen molar-refractivity contribution in [3.05, 3.63) is 77.3 Å². The van der Waals surface area contributed by atoms with Gasteiger partial charge in [-0.3, -0.25) is 14.2 Å². The summed E-state index contributed by atoms with van der Waals surface area (Å²) in [6.45, 7) is 0.863. The Bertz CT molecular complexity index is 1520. The lowest BCUT2D eigenvalue weighted by Gasteiger charge is -2.25. The van der Waals surface area contributed by atoms with Gasteiger partial charge in [0, 0.05) is 23.7 Å². The maximum atomic E-state index is 12.9. The van der Waals surface area contributed by atoms with Gasteiger partial charge in [-0.1, -0.05) is 36.8 Å². The van der Waals surface area contributed by atoms with E-state index in [0.717, 1.165) is 29.7 Å². The van der Waals surface area contributed by atoms with Gasteiger partial charge in [0.2, 0.25) is 15.9 Å². The summed E-state index contributed by atoms with van der Waals surface area (Å²) in [6.07, 6.45) is 4.16. The summed E-state index contributed by atoms with van der Waals surface area (Å²) >= 11 is 1.43. The van der Waals surface area contributed by atoms with Crippen molar-refractivity contribution in [1.82, 2.24) is 13.9 Å². The van der Waals surface area contributed by atoms with E-state index in [1.807, 2.05) is 30.3 Å². The molecule has 1 amide bonds. The highest BCUT2D eigenvalue weighted by Crippen LogP contribution is 2.30. The van der Waals surface area contributed by atoms with Gasteiger partial charge in [0.15, 0.2) is 0 Å². The topological polar surface area (TPSA) is 101 Å². The Kier molecular flexibility index (Phi) is 6.50. The number of sulfonamides is 1. The molecule has 0 saturated carbocycles. The maximum absolute atomic E-state index is 12.9. The van der Waals surface area contributed by atoms with E-state index in [1.54, 1.807) is 18.2 Å². The highest BCUT2D eigenvalue weighted by atomic mass is 32.2. The first-order valence-electron chi connectivity index (χ1n) is 11.4. The van der Waals surface area contributed by atoms with Crippen LogP contribution >= 0.6 is 11.3 Å². The van der Waals surface area contributed by atoms with Gasteiger partial charge in [0.05, 0.1) is 16.6 Å². The van der Waals surface area contributed by atoms with Crippen LogP contribution in [-0.4, -0.2) is 41.3 Å². The molecule has 2 aromatic carbocycles. The third kappa shape index (κ3) is 4.90. The largest absolute Gasteiger partial charge is 0.325 e. The summed E-state index contributed by atoms with van der Waals surface area (Å²) in [5, 5.41) is 3.19. The zero-order valence-electron chi connectivity index (χ0n) is 18.9. The summed E-state index contributed by atoms with van der Waals surface area (Å²) in [5.41, 5.74) is 1.17. The van der Waals surface area contributed by atoms with E-state index in [1.165, 1.54) is 38.7 Å². The molecule has 5 rings (SSSR count). The summed E-state index contributed by atoms with van der Waals surface area (Å²) < 4.78 is 28.4. The number of thiophene rings is 1. The molecule has 1 N–H and O–H groups in total. The average Bonchev–Trinajstić information content (AvgIpc) is 3.33. The molecule has 1 saturated heterocycles. The molecular weight excluding hydrogens is 484 g/mol. The van der Waals surface area contributed by atoms with Crippen LogP contribution in [0, 0.1) is 0 Å². The van der Waals surface area contributed by atoms with Crippen LogP contribution in [0.2, 0.25) is 0 Å². The average molecular weight is 509 g/mol. The quantitative estimate of drug-likeness (QED) is 0.425. The second-order valence-electron chi connectivity index (χ2n) is 8.41. The van der Waals surface area contributed by atoms with Gasteiger partial charge in [-0.15, -0.1) is 11.3 Å². The molecule has 35 heavy (non-hydrogen) atoms. The number of aromatic nitrogens is 2. The maximum Gasteiger partial charge on any atom is 0.262 e. The Hall–Kier alpha value is -3.34. The minimum absolute atomic E-state index is 0.202. The zero-order valence-corrected chi connectivity index (χ0v) is 20.5. The Morgan fingerprint density at radius 2 is 1.71 bits per heavy atom. The summed E-state index contributed by atoms with van der Waals surface area (Å²) in [6, 6.07) is 17.7. The van der Waals surface area contributed by atoms with Crippen molar-refractivity contribution in [3.8, 4) is 10.4 Å². The van der Waals surface area contributed by atoms with Crippen LogP contribution in [0.3, 0.4) is 0 Å². The standard InChI is InChI=1S/C25H24N4O4S2/c30-23(27-19-9-11-20(12-10-19)35(32,33)29-13-5-2-6-14-29)16-28-17-26-24-21(25(28)31)15-22(34-24)18-7-3-1-4-8-18/h1,3-4,7-12,15,17H,2,5-6,13-14,16H2,(H,27,30). The molecule has 0 bridgehead atoms. The number of amides is 1. The Morgan fingerprint density at radius 3 is 2.43 bits per heavy atom. The molecule has 0 atom stereocenters. The van der Waals surface area contributed by atoms with Crippen molar-refractivity contribution in [1.29, 1.82) is 0 Å². The summed E-state index contributed by atoms with van der Waals surface area (Å²) in [4.78, 5) is 31.7. The van der Waals surface area contributed by atoms with Gasteiger partial charge < -0.3 is 5.32 Å². The minimum Gasteiger partial charge on any atom is -0.325 e. The molecule has 2 aromatic heterocycles. The fourth-order valence-electron chi connectivity index (χ4n) is 4.14. The SMILES string of the molecule is O=C(Cn1cnc2sc(-c3ccccc3)cc2c1=O)Nc1ccc(S(=O)(=O)N2CCCCC2)cc1. The first-order valence-corrected chi connectivity index (χ1v) is 13.6. The zero-order chi connectivity index (χ0) is 24.4. The highest BCUT2D eigenvalue weighted by molar-refractivity contribution is 7.89. The second-order valence-corrected chi connectivity index (χ2v) is 11.4. The van der Waals surface area contributed by atoms with Crippen molar-refractivity contribution < 1.29 is 13.2 Å². The molecule has 1 fully saturated rings. The van der Waals surface area contributed by atoms with E-state index in [4.69, 9.17) is 0 Å². The Balaban J connectivity index is 1.29. The fourth-order valence-corrected chi connectivity index (χ4v) is 6.65. The number of nitrogens with zero attached hydrogens (tertiary/aromatic N) is 3. The minimum atomic E-state index is -3.53. The molecule has 0 unspecified atom stereocenters. The molecule has 0 radical (unpaired) electrons. The number of nitrogens with one attached hydrogen (secondary N) is 1. The van der Waals surface area contributed by atoms with Crippen LogP contribution in [0.4, 0.5) is 5.69 Å². The lowest BCUT2D eigenvalue weighted by molar-refractivity contribution is -0.116. The van der Waals surface area contributed by atoms with Crippen molar-refractivity contribution in [3.63, 3.8) is 0 Å². The summed E-state index contributed by atoms with van der Waals surface area (Å²) in [5.74, 6) is -0.404. The number of anilines is 1. The van der Waals surface area contributed by atoms with Crippen LogP contribution in [0.5, 0.6) is 0 Å². The lowest BCUT2D eigenvalue weighted by atomic mass is 10.2. The van der Waals surface area contributed by atoms with Gasteiger partial charge in [-0.25, -0.2) is 13.4 Å². The Morgan fingerprint density at radius 1 is 1.00 bits per heavy atom. The van der Waals surface area contributed by atoms with Crippen molar-refractivity contribution >= 4 is 43.2 Å². The monoisotopic (exact) mass is 508 g/mol. The molecule has 1 aliphatic heterocycles. The van der Waals surface area contributed by atoms with Gasteiger partial charge in [-0.2, -0.15) is 4.31 Å². The molecule has 1 aliphatic rings. The van der Waals surface area contributed by atoms with Crippen LogP contribution in [-0.2, 0) is 21.4 Å². The van der Waals surface area contributed by atoms with E-state index < -0.39 is 15.9 Å². The molecular formula is C25H24N4O4S2. The number of hydrogen-bond donors (Lipinski definition) is 1. The molecule has 3 heterocycles. The molecule has 4 aromatic rings. The lowest BCUT2D eigenvalue weighted by Crippen LogP contribution is -2.35. The van der Waals surface area contributed by atoms with Crippen molar-refractivity contribution in [2.24, 2.45) is 0 Å². The van der Waals surface area contributed by atoms with E-state index in [0.29, 0.717) is 29.0 Å². The van der Waals surface area contributed by atoms with Crippen molar-refractivity contribution in [2.75, 3.05) is 18.4 Å². The van der Waals surface area contributed by atoms with Crippen LogP contribution in [0.25, 0.3) is 20.7 Å². The van der Waals surface area contributed by atoms with Gasteiger partial charge in [0.1, 0.15) is 11.4 Å². The first kappa shape index (κ1) is 23.4. The smallest absolute Gasteiger partial charge is 0.262 e. The van der Waals surface area contributed by atoms with E-state index in [9.17, 15) is 18.0 Å². The fraction of sp³-hybridized carbons (Fsp3) is 0.240. The number of benzene rings is 2. The third-order valence-electron chi connectivity index (χ3n) is 5.98. The number of hydrogen-bond acceptors (Lipinski definition) is 6. The molecule has 10 heteroatoms. The van der Waals surface area contributed by atoms with E-state index in [2.05, 4.69) is 10.3 Å². The van der Waals surface area contributed by atoms with E-state index in [-0.39, 0.29) is 17.0 Å². The Labute approximate surface area is 206 Å². The second kappa shape index (κ2) is 9.73. The predicted octanol–water partition coefficient (Wildman–Crippen LogP) is 3.94. The van der Waals surface area contributed by atoms with Crippen molar-refractivity contribution in [2.45, 2.75) is 30.7 Å². The van der Waals surface area contributed by atoms with Crippen LogP contribution < -0.4 is 10.9 Å². The number of carbonyl (C=O) groups excluding carboxylic acids is 1. The molecule has 180 valence electrons. The number of rotatable bonds is 6. The number of fused-ring (bicyclic) bond motifs is 1. The normalized spacial score (nSPS) is 14.7. The third-order valence-corrected chi connectivity index (χ3v) is 8.99.